The molecule has 5 rings (SSSR count). The van der Waals surface area contributed by atoms with Gasteiger partial charge in [-0.3, -0.25) is 0 Å². The molecule has 4 heterocycles. The first-order valence-electron chi connectivity index (χ1n) is 10.1. The third kappa shape index (κ3) is 3.24. The Morgan fingerprint density at radius 2 is 1.91 bits per heavy atom. The number of halogens is 2. The predicted molar refractivity (Wildman–Crippen MR) is 113 cm³/mol. The molecule has 0 fully saturated rings. The van der Waals surface area contributed by atoms with Crippen LogP contribution in [0.3, 0.4) is 0 Å². The van der Waals surface area contributed by atoms with Gasteiger partial charge >= 0.3 is 12.3 Å². The van der Waals surface area contributed by atoms with Crippen LogP contribution in [0.5, 0.6) is 11.5 Å². The van der Waals surface area contributed by atoms with Crippen molar-refractivity contribution in [1.29, 1.82) is 0 Å². The maximum atomic E-state index is 13.5. The normalized spacial score (nSPS) is 14.7. The molecule has 0 radical (unpaired) electrons. The van der Waals surface area contributed by atoms with E-state index in [9.17, 15) is 22.0 Å². The fourth-order valence-corrected chi connectivity index (χ4v) is 4.67. The lowest BCUT2D eigenvalue weighted by molar-refractivity contribution is -0.286. The van der Waals surface area contributed by atoms with Crippen LogP contribution >= 0.6 is 0 Å². The Hall–Kier alpha value is -3.81. The van der Waals surface area contributed by atoms with Crippen molar-refractivity contribution >= 4 is 32.5 Å². The van der Waals surface area contributed by atoms with E-state index in [4.69, 9.17) is 4.74 Å². The molecule has 0 atom stereocenters. The fourth-order valence-electron chi connectivity index (χ4n) is 3.70. The minimum atomic E-state index is -3.90. The van der Waals surface area contributed by atoms with Crippen LogP contribution in [0.15, 0.2) is 29.4 Å². The first-order chi connectivity index (χ1) is 16.1. The van der Waals surface area contributed by atoms with Gasteiger partial charge in [-0.25, -0.2) is 27.7 Å². The molecule has 0 N–H and O–H groups in total. The molecule has 0 saturated heterocycles. The second-order valence-electron chi connectivity index (χ2n) is 7.32. The second kappa shape index (κ2) is 7.35. The average Bonchev–Trinajstić information content (AvgIpc) is 3.41. The number of sulfone groups is 1. The van der Waals surface area contributed by atoms with E-state index in [0.29, 0.717) is 5.52 Å². The van der Waals surface area contributed by atoms with Gasteiger partial charge in [0.1, 0.15) is 11.4 Å². The third-order valence-electron chi connectivity index (χ3n) is 5.27. The number of benzene rings is 1. The van der Waals surface area contributed by atoms with Crippen LogP contribution in [0, 0.1) is 0 Å². The van der Waals surface area contributed by atoms with Gasteiger partial charge in [-0.1, -0.05) is 6.92 Å². The Morgan fingerprint density at radius 3 is 2.59 bits per heavy atom. The first-order valence-corrected chi connectivity index (χ1v) is 11.8. The lowest BCUT2D eigenvalue weighted by Crippen LogP contribution is -2.25. The number of hydrogen-bond donors (Lipinski definition) is 0. The van der Waals surface area contributed by atoms with Crippen molar-refractivity contribution in [3.8, 4) is 22.9 Å². The van der Waals surface area contributed by atoms with E-state index >= 15 is 0 Å². The van der Waals surface area contributed by atoms with E-state index in [-0.39, 0.29) is 57.1 Å². The van der Waals surface area contributed by atoms with E-state index in [1.807, 2.05) is 0 Å². The number of rotatable bonds is 5. The van der Waals surface area contributed by atoms with Gasteiger partial charge in [-0.05, 0) is 13.0 Å². The zero-order valence-electron chi connectivity index (χ0n) is 18.1. The molecule has 0 bridgehead atoms. The molecule has 0 amide bonds. The van der Waals surface area contributed by atoms with Gasteiger partial charge < -0.3 is 18.8 Å². The van der Waals surface area contributed by atoms with E-state index in [1.165, 1.54) is 35.9 Å². The number of fused-ring (bicyclic) bond motifs is 3. The van der Waals surface area contributed by atoms with Crippen molar-refractivity contribution in [2.24, 2.45) is 7.05 Å². The Bertz CT molecular complexity index is 1590. The molecule has 4 aromatic rings. The monoisotopic (exact) mass is 493 g/mol. The van der Waals surface area contributed by atoms with Crippen molar-refractivity contribution in [3.63, 3.8) is 0 Å². The highest BCUT2D eigenvalue weighted by molar-refractivity contribution is 7.91. The summed E-state index contributed by atoms with van der Waals surface area (Å²) < 4.78 is 69.5. The summed E-state index contributed by atoms with van der Waals surface area (Å²) in [6.07, 6.45) is -2.46. The first kappa shape index (κ1) is 22.0. The van der Waals surface area contributed by atoms with Crippen molar-refractivity contribution in [2.75, 3.05) is 12.4 Å². The molecular weight excluding hydrogens is 476 g/mol. The average molecular weight is 493 g/mol. The Balaban J connectivity index is 1.80. The van der Waals surface area contributed by atoms with Crippen molar-refractivity contribution < 1.29 is 36.2 Å². The Morgan fingerprint density at radius 1 is 1.21 bits per heavy atom. The molecular formula is C20H17F2N5O6S. The number of esters is 1. The van der Waals surface area contributed by atoms with Crippen LogP contribution in [0.2, 0.25) is 0 Å². The zero-order valence-corrected chi connectivity index (χ0v) is 18.9. The van der Waals surface area contributed by atoms with E-state index in [1.54, 1.807) is 14.0 Å². The summed E-state index contributed by atoms with van der Waals surface area (Å²) in [6, 6.07) is 3.95. The minimum absolute atomic E-state index is 0.0209. The summed E-state index contributed by atoms with van der Waals surface area (Å²) in [6.45, 7) is 3.20. The highest BCUT2D eigenvalue weighted by Gasteiger charge is 2.44. The quantitative estimate of drug-likeness (QED) is 0.386. The number of carbonyl (C=O) groups excluding carboxylic acids is 1. The highest BCUT2D eigenvalue weighted by Crippen LogP contribution is 2.44. The minimum Gasteiger partial charge on any atom is -0.461 e. The van der Waals surface area contributed by atoms with Crippen LogP contribution < -0.4 is 9.47 Å². The van der Waals surface area contributed by atoms with Gasteiger partial charge in [0.25, 0.3) is 0 Å². The highest BCUT2D eigenvalue weighted by atomic mass is 32.2. The summed E-state index contributed by atoms with van der Waals surface area (Å²) in [5.74, 6) is -1.22. The van der Waals surface area contributed by atoms with Crippen LogP contribution in [-0.2, 0) is 21.6 Å². The molecule has 0 saturated carbocycles. The number of ether oxygens (including phenoxy) is 3. The molecule has 11 nitrogen and oxygen atoms in total. The van der Waals surface area contributed by atoms with Crippen molar-refractivity contribution in [1.82, 2.24) is 24.1 Å². The second-order valence-corrected chi connectivity index (χ2v) is 9.51. The predicted octanol–water partition coefficient (Wildman–Crippen LogP) is 2.57. The number of carbonyl (C=O) groups is 1. The van der Waals surface area contributed by atoms with Gasteiger partial charge in [0, 0.05) is 25.4 Å². The molecule has 0 unspecified atom stereocenters. The van der Waals surface area contributed by atoms with Gasteiger partial charge in [0.15, 0.2) is 37.7 Å². The molecule has 34 heavy (non-hydrogen) atoms. The summed E-state index contributed by atoms with van der Waals surface area (Å²) in [5, 5.41) is 3.86. The van der Waals surface area contributed by atoms with Gasteiger partial charge in [0.2, 0.25) is 0 Å². The largest absolute Gasteiger partial charge is 0.586 e. The van der Waals surface area contributed by atoms with Crippen LogP contribution in [-0.4, -0.2) is 57.2 Å². The SMILES string of the molecule is CCOC(=O)c1ccnc2c(-c3nc4cc5c(cc4n3C)OC(F)(F)O5)c(S(=O)(=O)CC)nn12. The fraction of sp³-hybridized carbons (Fsp3) is 0.300. The van der Waals surface area contributed by atoms with E-state index < -0.39 is 22.1 Å². The Kier molecular flexibility index (Phi) is 4.76. The lowest BCUT2D eigenvalue weighted by atomic mass is 10.3. The van der Waals surface area contributed by atoms with E-state index in [0.717, 1.165) is 4.52 Å². The molecule has 178 valence electrons. The molecule has 14 heteroatoms. The summed E-state index contributed by atoms with van der Waals surface area (Å²) in [5.41, 5.74) is 0.711. The van der Waals surface area contributed by atoms with Crippen LogP contribution in [0.25, 0.3) is 28.1 Å². The number of aromatic nitrogens is 5. The van der Waals surface area contributed by atoms with Crippen LogP contribution in [0.4, 0.5) is 8.78 Å². The van der Waals surface area contributed by atoms with Gasteiger partial charge in [0.05, 0.1) is 23.4 Å². The third-order valence-corrected chi connectivity index (χ3v) is 6.91. The Labute approximate surface area is 190 Å². The molecule has 0 aliphatic carbocycles. The van der Waals surface area contributed by atoms with Crippen molar-refractivity contribution in [2.45, 2.75) is 25.2 Å². The number of imidazole rings is 1. The van der Waals surface area contributed by atoms with E-state index in [2.05, 4.69) is 24.5 Å². The molecule has 1 aromatic carbocycles. The van der Waals surface area contributed by atoms with Gasteiger partial charge in [-0.15, -0.1) is 8.78 Å². The van der Waals surface area contributed by atoms with Gasteiger partial charge in [-0.2, -0.15) is 5.10 Å². The molecule has 3 aromatic heterocycles. The standard InChI is InChI=1S/C20H17F2N5O6S/c1-4-31-19(28)11-6-7-23-16-15(18(25-27(11)16)34(29,30)5-2)17-24-10-8-13-14(9-12(10)26(17)3)33-20(21,22)32-13/h6-9H,4-5H2,1-3H3. The molecule has 1 aliphatic heterocycles. The summed E-state index contributed by atoms with van der Waals surface area (Å²) in [7, 11) is -2.32. The van der Waals surface area contributed by atoms with Crippen LogP contribution in [0.1, 0.15) is 24.3 Å². The number of hydrogen-bond acceptors (Lipinski definition) is 9. The number of aryl methyl sites for hydroxylation is 1. The smallest absolute Gasteiger partial charge is 0.461 e. The lowest BCUT2D eigenvalue weighted by Gasteiger charge is -2.05. The molecule has 1 aliphatic rings. The number of nitrogens with zero attached hydrogens (tertiary/aromatic N) is 5. The summed E-state index contributed by atoms with van der Waals surface area (Å²) in [4.78, 5) is 21.1. The molecule has 0 spiro atoms. The van der Waals surface area contributed by atoms with Crippen molar-refractivity contribution in [3.05, 3.63) is 30.1 Å². The number of alkyl halides is 2. The maximum absolute atomic E-state index is 13.5. The topological polar surface area (TPSA) is 127 Å². The summed E-state index contributed by atoms with van der Waals surface area (Å²) >= 11 is 0. The zero-order chi connectivity index (χ0) is 24.4. The maximum Gasteiger partial charge on any atom is 0.586 e.